The fraction of sp³-hybridized carbons (Fsp3) is 0.0667. The predicted molar refractivity (Wildman–Crippen MR) is 69.5 cm³/mol. The Morgan fingerprint density at radius 2 is 1.88 bits per heavy atom. The first kappa shape index (κ1) is 9.97. The maximum atomic E-state index is 5.48. The minimum Gasteiger partial charge on any atom is -0.461 e. The van der Waals surface area contributed by atoms with Gasteiger partial charge in [-0.15, -0.1) is 0 Å². The van der Waals surface area contributed by atoms with Gasteiger partial charge in [0.2, 0.25) is 0 Å². The highest BCUT2D eigenvalue weighted by Crippen LogP contribution is 2.36. The second-order valence-corrected chi connectivity index (χ2v) is 4.08. The summed E-state index contributed by atoms with van der Waals surface area (Å²) in [5, 5.41) is 0. The lowest BCUT2D eigenvalue weighted by Gasteiger charge is -2.26. The summed E-state index contributed by atoms with van der Waals surface area (Å²) < 4.78 is 5.48. The molecule has 2 aromatic carbocycles. The molecule has 0 amide bonds. The van der Waals surface area contributed by atoms with Crippen LogP contribution in [0.2, 0.25) is 0 Å². The second kappa shape index (κ2) is 3.98. The zero-order chi connectivity index (χ0) is 11.7. The molecule has 0 atom stereocenters. The summed E-state index contributed by atoms with van der Waals surface area (Å²) in [5.41, 5.74) is 3.47. The molecule has 2 heteroatoms. The van der Waals surface area contributed by atoms with Crippen LogP contribution in [0.3, 0.4) is 0 Å². The number of ether oxygens (including phenoxy) is 1. The number of benzene rings is 2. The zero-order valence-electron chi connectivity index (χ0n) is 9.63. The number of anilines is 2. The van der Waals surface area contributed by atoms with Gasteiger partial charge in [0, 0.05) is 11.9 Å². The zero-order valence-corrected chi connectivity index (χ0v) is 9.63. The number of fused-ring (bicyclic) bond motifs is 1. The van der Waals surface area contributed by atoms with Crippen LogP contribution in [0.1, 0.15) is 5.56 Å². The summed E-state index contributed by atoms with van der Waals surface area (Å²) in [6, 6.07) is 16.4. The van der Waals surface area contributed by atoms with Gasteiger partial charge in [-0.05, 0) is 36.8 Å². The molecule has 1 aliphatic rings. The number of rotatable bonds is 1. The average Bonchev–Trinajstić information content (AvgIpc) is 2.38. The molecule has 1 aliphatic heterocycles. The van der Waals surface area contributed by atoms with E-state index in [-0.39, 0.29) is 0 Å². The Labute approximate surface area is 101 Å². The van der Waals surface area contributed by atoms with Crippen LogP contribution in [0.15, 0.2) is 61.0 Å². The Hall–Kier alpha value is -2.22. The molecule has 0 saturated carbocycles. The van der Waals surface area contributed by atoms with E-state index in [4.69, 9.17) is 4.74 Å². The Morgan fingerprint density at radius 3 is 2.76 bits per heavy atom. The van der Waals surface area contributed by atoms with Gasteiger partial charge in [-0.2, -0.15) is 0 Å². The van der Waals surface area contributed by atoms with Crippen molar-refractivity contribution in [3.8, 4) is 5.75 Å². The van der Waals surface area contributed by atoms with Crippen LogP contribution in [0.25, 0.3) is 0 Å². The van der Waals surface area contributed by atoms with E-state index in [1.165, 1.54) is 5.56 Å². The van der Waals surface area contributed by atoms with Gasteiger partial charge < -0.3 is 9.64 Å². The van der Waals surface area contributed by atoms with Crippen molar-refractivity contribution in [2.24, 2.45) is 0 Å². The van der Waals surface area contributed by atoms with Crippen molar-refractivity contribution in [2.45, 2.75) is 6.92 Å². The van der Waals surface area contributed by atoms with Crippen molar-refractivity contribution in [2.75, 3.05) is 4.90 Å². The Balaban J connectivity index is 2.09. The van der Waals surface area contributed by atoms with Gasteiger partial charge in [0.05, 0.1) is 5.69 Å². The third-order valence-electron chi connectivity index (χ3n) is 2.81. The third-order valence-corrected chi connectivity index (χ3v) is 2.81. The van der Waals surface area contributed by atoms with E-state index in [9.17, 15) is 0 Å². The number of hydrogen-bond acceptors (Lipinski definition) is 2. The quantitative estimate of drug-likeness (QED) is 0.724. The van der Waals surface area contributed by atoms with E-state index in [1.807, 2.05) is 24.4 Å². The fourth-order valence-corrected chi connectivity index (χ4v) is 2.00. The molecule has 2 nitrogen and oxygen atoms in total. The van der Waals surface area contributed by atoms with Crippen LogP contribution in [-0.2, 0) is 0 Å². The van der Waals surface area contributed by atoms with Crippen LogP contribution in [0, 0.1) is 6.92 Å². The summed E-state index contributed by atoms with van der Waals surface area (Å²) in [4.78, 5) is 2.13. The lowest BCUT2D eigenvalue weighted by molar-refractivity contribution is 0.473. The summed E-state index contributed by atoms with van der Waals surface area (Å²) in [7, 11) is 0. The van der Waals surface area contributed by atoms with Crippen molar-refractivity contribution in [1.82, 2.24) is 0 Å². The summed E-state index contributed by atoms with van der Waals surface area (Å²) in [6.07, 6.45) is 3.65. The molecule has 0 N–H and O–H groups in total. The van der Waals surface area contributed by atoms with E-state index in [1.54, 1.807) is 6.26 Å². The molecule has 3 rings (SSSR count). The molecule has 0 saturated heterocycles. The first-order valence-corrected chi connectivity index (χ1v) is 5.63. The molecule has 17 heavy (non-hydrogen) atoms. The third kappa shape index (κ3) is 1.78. The SMILES string of the molecule is Cc1cccc(N2C=COc3ccccc32)c1. The largest absolute Gasteiger partial charge is 0.461 e. The summed E-state index contributed by atoms with van der Waals surface area (Å²) in [5.74, 6) is 0.886. The maximum Gasteiger partial charge on any atom is 0.150 e. The van der Waals surface area contributed by atoms with Gasteiger partial charge in [-0.25, -0.2) is 0 Å². The van der Waals surface area contributed by atoms with Crippen LogP contribution in [-0.4, -0.2) is 0 Å². The monoisotopic (exact) mass is 223 g/mol. The van der Waals surface area contributed by atoms with Gasteiger partial charge in [0.1, 0.15) is 6.26 Å². The topological polar surface area (TPSA) is 12.5 Å². The highest BCUT2D eigenvalue weighted by molar-refractivity contribution is 5.73. The van der Waals surface area contributed by atoms with Crippen LogP contribution >= 0.6 is 0 Å². The van der Waals surface area contributed by atoms with E-state index in [0.717, 1.165) is 17.1 Å². The maximum absolute atomic E-state index is 5.48. The van der Waals surface area contributed by atoms with E-state index >= 15 is 0 Å². The number of aryl methyl sites for hydroxylation is 1. The number of nitrogens with zero attached hydrogens (tertiary/aromatic N) is 1. The van der Waals surface area contributed by atoms with Crippen LogP contribution in [0.4, 0.5) is 11.4 Å². The molecule has 0 spiro atoms. The molecule has 0 radical (unpaired) electrons. The Kier molecular flexibility index (Phi) is 2.33. The first-order chi connectivity index (χ1) is 8.34. The lowest BCUT2D eigenvalue weighted by Crippen LogP contribution is -2.13. The minimum atomic E-state index is 0.886. The molecule has 0 unspecified atom stereocenters. The molecular formula is C15H13NO. The van der Waals surface area contributed by atoms with Gasteiger partial charge in [0.25, 0.3) is 0 Å². The molecule has 2 aromatic rings. The number of hydrogen-bond donors (Lipinski definition) is 0. The summed E-state index contributed by atoms with van der Waals surface area (Å²) in [6.45, 7) is 2.10. The van der Waals surface area contributed by atoms with Crippen molar-refractivity contribution in [3.63, 3.8) is 0 Å². The van der Waals surface area contributed by atoms with E-state index in [0.29, 0.717) is 0 Å². The highest BCUT2D eigenvalue weighted by atomic mass is 16.5. The second-order valence-electron chi connectivity index (χ2n) is 4.08. The number of para-hydroxylation sites is 2. The average molecular weight is 223 g/mol. The fourth-order valence-electron chi connectivity index (χ4n) is 2.00. The molecule has 0 bridgehead atoms. The normalized spacial score (nSPS) is 13.1. The van der Waals surface area contributed by atoms with E-state index < -0.39 is 0 Å². The first-order valence-electron chi connectivity index (χ1n) is 5.63. The van der Waals surface area contributed by atoms with Gasteiger partial charge >= 0.3 is 0 Å². The van der Waals surface area contributed by atoms with Crippen molar-refractivity contribution < 1.29 is 4.74 Å². The van der Waals surface area contributed by atoms with Crippen molar-refractivity contribution in [3.05, 3.63) is 66.6 Å². The van der Waals surface area contributed by atoms with Gasteiger partial charge in [0.15, 0.2) is 5.75 Å². The van der Waals surface area contributed by atoms with Crippen LogP contribution in [0.5, 0.6) is 5.75 Å². The Morgan fingerprint density at radius 1 is 1.00 bits per heavy atom. The molecule has 0 aromatic heterocycles. The lowest BCUT2D eigenvalue weighted by atomic mass is 10.2. The van der Waals surface area contributed by atoms with Crippen LogP contribution < -0.4 is 9.64 Å². The molecule has 0 aliphatic carbocycles. The van der Waals surface area contributed by atoms with Gasteiger partial charge in [-0.1, -0.05) is 24.3 Å². The van der Waals surface area contributed by atoms with Crippen molar-refractivity contribution >= 4 is 11.4 Å². The molecule has 0 fully saturated rings. The molecule has 1 heterocycles. The van der Waals surface area contributed by atoms with E-state index in [2.05, 4.69) is 42.2 Å². The molecule has 84 valence electrons. The highest BCUT2D eigenvalue weighted by Gasteiger charge is 2.14. The molecular weight excluding hydrogens is 210 g/mol. The summed E-state index contributed by atoms with van der Waals surface area (Å²) >= 11 is 0. The standard InChI is InChI=1S/C15H13NO/c1-12-5-4-6-13(11-12)16-9-10-17-15-8-3-2-7-14(15)16/h2-11H,1H3. The Bertz CT molecular complexity index is 575. The smallest absolute Gasteiger partial charge is 0.150 e. The predicted octanol–water partition coefficient (Wildman–Crippen LogP) is 4.00. The minimum absolute atomic E-state index is 0.886. The van der Waals surface area contributed by atoms with Crippen molar-refractivity contribution in [1.29, 1.82) is 0 Å². The van der Waals surface area contributed by atoms with Gasteiger partial charge in [-0.3, -0.25) is 0 Å².